The number of carbonyl (C=O) groups excluding carboxylic acids is 1. The average Bonchev–Trinajstić information content (AvgIpc) is 2.38. The summed E-state index contributed by atoms with van der Waals surface area (Å²) in [5.74, 6) is 0.261. The maximum Gasteiger partial charge on any atom is 0.409 e. The van der Waals surface area contributed by atoms with Crippen LogP contribution in [0.15, 0.2) is 24.3 Å². The van der Waals surface area contributed by atoms with Crippen LogP contribution in [0.3, 0.4) is 0 Å². The molecule has 0 bridgehead atoms. The molecule has 0 saturated carbocycles. The first-order chi connectivity index (χ1) is 9.61. The SMILES string of the molecule is CCCCOC(=O)N1CC(N(C)c2ccc(O)cc2)C1. The van der Waals surface area contributed by atoms with Crippen LogP contribution in [0.1, 0.15) is 19.8 Å². The van der Waals surface area contributed by atoms with Crippen LogP contribution in [-0.4, -0.2) is 48.9 Å². The minimum absolute atomic E-state index is 0.214. The molecule has 20 heavy (non-hydrogen) atoms. The molecule has 1 aliphatic rings. The summed E-state index contributed by atoms with van der Waals surface area (Å²) in [7, 11) is 2.00. The maximum atomic E-state index is 11.7. The Hall–Kier alpha value is -1.91. The van der Waals surface area contributed by atoms with Gasteiger partial charge in [0.25, 0.3) is 0 Å². The number of hydrogen-bond donors (Lipinski definition) is 1. The lowest BCUT2D eigenvalue weighted by atomic mass is 10.1. The molecule has 0 radical (unpaired) electrons. The molecular weight excluding hydrogens is 256 g/mol. The molecule has 0 aliphatic carbocycles. The van der Waals surface area contributed by atoms with Gasteiger partial charge in [-0.3, -0.25) is 0 Å². The molecular formula is C15H22N2O3. The molecule has 1 aliphatic heterocycles. The van der Waals surface area contributed by atoms with Crippen molar-refractivity contribution in [1.82, 2.24) is 4.90 Å². The standard InChI is InChI=1S/C15H22N2O3/c1-3-4-9-20-15(19)17-10-13(11-17)16(2)12-5-7-14(18)8-6-12/h5-8,13,18H,3-4,9-11H2,1-2H3. The highest BCUT2D eigenvalue weighted by molar-refractivity contribution is 5.69. The number of aromatic hydroxyl groups is 1. The topological polar surface area (TPSA) is 53.0 Å². The van der Waals surface area contributed by atoms with Gasteiger partial charge in [-0.2, -0.15) is 0 Å². The summed E-state index contributed by atoms with van der Waals surface area (Å²) >= 11 is 0. The first-order valence-corrected chi connectivity index (χ1v) is 7.05. The van der Waals surface area contributed by atoms with Gasteiger partial charge in [0.15, 0.2) is 0 Å². The van der Waals surface area contributed by atoms with E-state index in [2.05, 4.69) is 11.8 Å². The van der Waals surface area contributed by atoms with Crippen LogP contribution in [-0.2, 0) is 4.74 Å². The number of amides is 1. The van der Waals surface area contributed by atoms with E-state index in [1.54, 1.807) is 17.0 Å². The molecule has 1 heterocycles. The van der Waals surface area contributed by atoms with Crippen LogP contribution in [0.25, 0.3) is 0 Å². The van der Waals surface area contributed by atoms with E-state index in [0.29, 0.717) is 25.7 Å². The highest BCUT2D eigenvalue weighted by atomic mass is 16.6. The molecule has 2 rings (SSSR count). The zero-order valence-corrected chi connectivity index (χ0v) is 12.1. The largest absolute Gasteiger partial charge is 0.508 e. The summed E-state index contributed by atoms with van der Waals surface area (Å²) in [6.07, 6.45) is 1.73. The maximum absolute atomic E-state index is 11.7. The van der Waals surface area contributed by atoms with Crippen LogP contribution in [0.4, 0.5) is 10.5 Å². The number of likely N-dealkylation sites (tertiary alicyclic amines) is 1. The lowest BCUT2D eigenvalue weighted by Gasteiger charge is -2.44. The van der Waals surface area contributed by atoms with E-state index in [9.17, 15) is 9.90 Å². The Morgan fingerprint density at radius 1 is 1.40 bits per heavy atom. The number of ether oxygens (including phenoxy) is 1. The summed E-state index contributed by atoms with van der Waals surface area (Å²) < 4.78 is 5.17. The van der Waals surface area contributed by atoms with Crippen LogP contribution in [0.2, 0.25) is 0 Å². The zero-order valence-electron chi connectivity index (χ0n) is 12.1. The second-order valence-corrected chi connectivity index (χ2v) is 5.15. The van der Waals surface area contributed by atoms with E-state index in [0.717, 1.165) is 18.5 Å². The Morgan fingerprint density at radius 2 is 2.05 bits per heavy atom. The number of rotatable bonds is 5. The quantitative estimate of drug-likeness (QED) is 0.841. The highest BCUT2D eigenvalue weighted by Gasteiger charge is 2.34. The number of nitrogens with zero attached hydrogens (tertiary/aromatic N) is 2. The Labute approximate surface area is 119 Å². The molecule has 1 fully saturated rings. The van der Waals surface area contributed by atoms with Crippen molar-refractivity contribution in [3.63, 3.8) is 0 Å². The van der Waals surface area contributed by atoms with Crippen molar-refractivity contribution < 1.29 is 14.6 Å². The number of carbonyl (C=O) groups is 1. The Kier molecular flexibility index (Phi) is 4.71. The summed E-state index contributed by atoms with van der Waals surface area (Å²) in [5, 5.41) is 9.28. The number of phenolic OH excluding ortho intramolecular Hbond substituents is 1. The minimum atomic E-state index is -0.214. The smallest absolute Gasteiger partial charge is 0.409 e. The molecule has 1 N–H and O–H groups in total. The van der Waals surface area contributed by atoms with Crippen molar-refractivity contribution in [2.75, 3.05) is 31.6 Å². The fourth-order valence-corrected chi connectivity index (χ4v) is 2.14. The van der Waals surface area contributed by atoms with Gasteiger partial charge in [-0.15, -0.1) is 0 Å². The molecule has 0 aromatic heterocycles. The molecule has 1 amide bonds. The fraction of sp³-hybridized carbons (Fsp3) is 0.533. The summed E-state index contributed by atoms with van der Waals surface area (Å²) in [4.78, 5) is 15.5. The van der Waals surface area contributed by atoms with E-state index in [1.807, 2.05) is 19.2 Å². The predicted octanol–water partition coefficient (Wildman–Crippen LogP) is 2.45. The van der Waals surface area contributed by atoms with E-state index in [-0.39, 0.29) is 11.8 Å². The van der Waals surface area contributed by atoms with Gasteiger partial charge in [-0.25, -0.2) is 4.79 Å². The number of phenols is 1. The molecule has 0 unspecified atom stereocenters. The molecule has 5 nitrogen and oxygen atoms in total. The van der Waals surface area contributed by atoms with Crippen molar-refractivity contribution in [1.29, 1.82) is 0 Å². The first-order valence-electron chi connectivity index (χ1n) is 7.05. The monoisotopic (exact) mass is 278 g/mol. The molecule has 0 atom stereocenters. The third-order valence-corrected chi connectivity index (χ3v) is 3.65. The van der Waals surface area contributed by atoms with Crippen molar-refractivity contribution in [2.24, 2.45) is 0 Å². The van der Waals surface area contributed by atoms with Gasteiger partial charge in [-0.05, 0) is 30.7 Å². The van der Waals surface area contributed by atoms with E-state index in [4.69, 9.17) is 4.74 Å². The normalized spacial score (nSPS) is 14.8. The predicted molar refractivity (Wildman–Crippen MR) is 78.1 cm³/mol. The molecule has 110 valence electrons. The lowest BCUT2D eigenvalue weighted by molar-refractivity contribution is 0.0708. The van der Waals surface area contributed by atoms with Gasteiger partial charge in [0.2, 0.25) is 0 Å². The van der Waals surface area contributed by atoms with Crippen LogP contribution in [0.5, 0.6) is 5.75 Å². The summed E-state index contributed by atoms with van der Waals surface area (Å²) in [6.45, 7) is 3.94. The molecule has 0 spiro atoms. The lowest BCUT2D eigenvalue weighted by Crippen LogP contribution is -2.60. The van der Waals surface area contributed by atoms with Gasteiger partial charge >= 0.3 is 6.09 Å². The Morgan fingerprint density at radius 3 is 2.65 bits per heavy atom. The fourth-order valence-electron chi connectivity index (χ4n) is 2.14. The first kappa shape index (κ1) is 14.5. The van der Waals surface area contributed by atoms with Crippen LogP contribution < -0.4 is 4.90 Å². The van der Waals surface area contributed by atoms with E-state index >= 15 is 0 Å². The number of anilines is 1. The summed E-state index contributed by atoms with van der Waals surface area (Å²) in [6, 6.07) is 7.38. The summed E-state index contributed by atoms with van der Waals surface area (Å²) in [5.41, 5.74) is 1.03. The van der Waals surface area contributed by atoms with E-state index in [1.165, 1.54) is 0 Å². The van der Waals surface area contributed by atoms with Gasteiger partial charge < -0.3 is 19.6 Å². The number of benzene rings is 1. The van der Waals surface area contributed by atoms with Crippen molar-refractivity contribution in [3.05, 3.63) is 24.3 Å². The van der Waals surface area contributed by atoms with Gasteiger partial charge in [0, 0.05) is 25.8 Å². The van der Waals surface area contributed by atoms with Crippen molar-refractivity contribution >= 4 is 11.8 Å². The van der Waals surface area contributed by atoms with Crippen LogP contribution >= 0.6 is 0 Å². The third-order valence-electron chi connectivity index (χ3n) is 3.65. The molecule has 1 aromatic rings. The van der Waals surface area contributed by atoms with Crippen molar-refractivity contribution in [3.8, 4) is 5.75 Å². The molecule has 5 heteroatoms. The number of likely N-dealkylation sites (N-methyl/N-ethyl adjacent to an activating group) is 1. The zero-order chi connectivity index (χ0) is 14.5. The second-order valence-electron chi connectivity index (χ2n) is 5.15. The Bertz CT molecular complexity index is 441. The Balaban J connectivity index is 1.78. The molecule has 1 saturated heterocycles. The number of hydrogen-bond acceptors (Lipinski definition) is 4. The van der Waals surface area contributed by atoms with Crippen molar-refractivity contribution in [2.45, 2.75) is 25.8 Å². The van der Waals surface area contributed by atoms with Gasteiger partial charge in [-0.1, -0.05) is 13.3 Å². The van der Waals surface area contributed by atoms with Gasteiger partial charge in [0.05, 0.1) is 12.6 Å². The minimum Gasteiger partial charge on any atom is -0.508 e. The highest BCUT2D eigenvalue weighted by Crippen LogP contribution is 2.23. The van der Waals surface area contributed by atoms with E-state index < -0.39 is 0 Å². The third kappa shape index (κ3) is 3.35. The van der Waals surface area contributed by atoms with Crippen LogP contribution in [0, 0.1) is 0 Å². The second kappa shape index (κ2) is 6.50. The molecule has 1 aromatic carbocycles. The number of unbranched alkanes of at least 4 members (excludes halogenated alkanes) is 1. The average molecular weight is 278 g/mol. The van der Waals surface area contributed by atoms with Gasteiger partial charge in [0.1, 0.15) is 5.75 Å².